The Balaban J connectivity index is 0.00000106. The lowest BCUT2D eigenvalue weighted by atomic mass is 9.97. The Hall–Kier alpha value is -1.61. The van der Waals surface area contributed by atoms with Crippen LogP contribution < -0.4 is 4.74 Å². The molecule has 0 heterocycles. The molecule has 0 atom stereocenters. The molecule has 0 aliphatic carbocycles. The van der Waals surface area contributed by atoms with Crippen molar-refractivity contribution in [1.82, 2.24) is 0 Å². The highest BCUT2D eigenvalue weighted by Gasteiger charge is 2.24. The average Bonchev–Trinajstić information content (AvgIpc) is 2.44. The lowest BCUT2D eigenvalue weighted by Gasteiger charge is -2.17. The van der Waals surface area contributed by atoms with E-state index in [1.165, 1.54) is 6.07 Å². The van der Waals surface area contributed by atoms with Gasteiger partial charge in [-0.2, -0.15) is 0 Å². The molecule has 0 spiro atoms. The summed E-state index contributed by atoms with van der Waals surface area (Å²) >= 11 is 5.96. The van der Waals surface area contributed by atoms with Gasteiger partial charge in [-0.3, -0.25) is 4.79 Å². The molecule has 21 heavy (non-hydrogen) atoms. The number of fused-ring (bicyclic) bond motifs is 1. The number of benzene rings is 2. The van der Waals surface area contributed by atoms with E-state index in [0.29, 0.717) is 5.39 Å². The Morgan fingerprint density at radius 3 is 2.33 bits per heavy atom. The molecule has 0 fully saturated rings. The second-order valence-corrected chi connectivity index (χ2v) is 5.73. The predicted octanol–water partition coefficient (Wildman–Crippen LogP) is 5.61. The molecule has 0 unspecified atom stereocenters. The third-order valence-electron chi connectivity index (χ3n) is 2.71. The van der Waals surface area contributed by atoms with Gasteiger partial charge in [0.05, 0.1) is 10.4 Å². The quantitative estimate of drug-likeness (QED) is 0.505. The molecule has 0 bridgehead atoms. The van der Waals surface area contributed by atoms with Gasteiger partial charge in [0.25, 0.3) is 0 Å². The molecule has 2 nitrogen and oxygen atoms in total. The van der Waals surface area contributed by atoms with E-state index in [9.17, 15) is 9.18 Å². The summed E-state index contributed by atoms with van der Waals surface area (Å²) in [5.74, 6) is -0.643. The molecular weight excluding hydrogens is 291 g/mol. The smallest absolute Gasteiger partial charge is 0.316 e. The van der Waals surface area contributed by atoms with Gasteiger partial charge in [-0.15, -0.1) is 0 Å². The fourth-order valence-electron chi connectivity index (χ4n) is 1.62. The highest BCUT2D eigenvalue weighted by molar-refractivity contribution is 6.36. The Kier molecular flexibility index (Phi) is 5.73. The maximum atomic E-state index is 13.5. The number of ether oxygens (including phenoxy) is 1. The fraction of sp³-hybridized carbons (Fsp3) is 0.353. The summed E-state index contributed by atoms with van der Waals surface area (Å²) in [6, 6.07) is 8.03. The van der Waals surface area contributed by atoms with E-state index in [2.05, 4.69) is 0 Å². The third kappa shape index (κ3) is 3.94. The Morgan fingerprint density at radius 2 is 1.76 bits per heavy atom. The van der Waals surface area contributed by atoms with Gasteiger partial charge >= 0.3 is 5.97 Å². The van der Waals surface area contributed by atoms with E-state index in [-0.39, 0.29) is 16.7 Å². The van der Waals surface area contributed by atoms with Crippen LogP contribution in [0.1, 0.15) is 34.6 Å². The second kappa shape index (κ2) is 6.90. The van der Waals surface area contributed by atoms with Crippen LogP contribution in [0.25, 0.3) is 10.8 Å². The minimum atomic E-state index is -0.637. The summed E-state index contributed by atoms with van der Waals surface area (Å²) in [4.78, 5) is 11.9. The standard InChI is InChI=1S/C15H14ClFO2.C2H6/c1-15(2,3)14(18)19-11-6-4-5-9-7-8-10(17)13(16)12(9)11;1-2/h4-8H,1-3H3;1-2H3. The molecule has 114 valence electrons. The molecule has 0 saturated carbocycles. The number of hydrogen-bond acceptors (Lipinski definition) is 2. The largest absolute Gasteiger partial charge is 0.425 e. The number of carbonyl (C=O) groups excluding carboxylic acids is 1. The Morgan fingerprint density at radius 1 is 1.14 bits per heavy atom. The zero-order valence-electron chi connectivity index (χ0n) is 13.0. The molecule has 2 rings (SSSR count). The van der Waals surface area contributed by atoms with E-state index in [1.54, 1.807) is 45.0 Å². The van der Waals surface area contributed by atoms with Crippen LogP contribution in [0.4, 0.5) is 4.39 Å². The van der Waals surface area contributed by atoms with Gasteiger partial charge in [-0.25, -0.2) is 4.39 Å². The van der Waals surface area contributed by atoms with Crippen LogP contribution in [-0.4, -0.2) is 5.97 Å². The minimum Gasteiger partial charge on any atom is -0.425 e. The summed E-state index contributed by atoms with van der Waals surface area (Å²) in [5, 5.41) is 1.11. The first kappa shape index (κ1) is 17.4. The minimum absolute atomic E-state index is 0.0326. The first-order valence-electron chi connectivity index (χ1n) is 6.90. The normalized spacial score (nSPS) is 10.8. The fourth-order valence-corrected chi connectivity index (χ4v) is 1.88. The Bertz CT molecular complexity index is 645. The van der Waals surface area contributed by atoms with Gasteiger partial charge in [0.1, 0.15) is 11.6 Å². The van der Waals surface area contributed by atoms with Crippen molar-refractivity contribution < 1.29 is 13.9 Å². The first-order valence-corrected chi connectivity index (χ1v) is 7.27. The topological polar surface area (TPSA) is 26.3 Å². The van der Waals surface area contributed by atoms with Crippen molar-refractivity contribution in [2.45, 2.75) is 34.6 Å². The Labute approximate surface area is 129 Å². The number of esters is 1. The molecule has 4 heteroatoms. The van der Waals surface area contributed by atoms with Crippen molar-refractivity contribution in [3.63, 3.8) is 0 Å². The zero-order valence-corrected chi connectivity index (χ0v) is 13.7. The van der Waals surface area contributed by atoms with Crippen LogP contribution in [0.5, 0.6) is 5.75 Å². The van der Waals surface area contributed by atoms with Gasteiger partial charge in [-0.05, 0) is 38.3 Å². The highest BCUT2D eigenvalue weighted by atomic mass is 35.5. The van der Waals surface area contributed by atoms with E-state index in [4.69, 9.17) is 16.3 Å². The van der Waals surface area contributed by atoms with Crippen LogP contribution in [0.3, 0.4) is 0 Å². The zero-order chi connectivity index (χ0) is 16.2. The molecule has 0 aromatic heterocycles. The number of rotatable bonds is 1. The summed E-state index contributed by atoms with van der Waals surface area (Å²) in [6.45, 7) is 9.26. The number of halogens is 2. The van der Waals surface area contributed by atoms with Crippen LogP contribution in [0.2, 0.25) is 5.02 Å². The van der Waals surface area contributed by atoms with Crippen molar-refractivity contribution in [3.05, 3.63) is 41.2 Å². The molecule has 0 aliphatic rings. The number of carbonyl (C=O) groups is 1. The van der Waals surface area contributed by atoms with Crippen molar-refractivity contribution in [1.29, 1.82) is 0 Å². The molecule has 0 N–H and O–H groups in total. The lowest BCUT2D eigenvalue weighted by Crippen LogP contribution is -2.25. The molecule has 0 radical (unpaired) electrons. The maximum absolute atomic E-state index is 13.5. The molecule has 0 amide bonds. The van der Waals surface area contributed by atoms with Gasteiger partial charge < -0.3 is 4.74 Å². The van der Waals surface area contributed by atoms with Gasteiger partial charge in [0, 0.05) is 5.39 Å². The highest BCUT2D eigenvalue weighted by Crippen LogP contribution is 2.34. The summed E-state index contributed by atoms with van der Waals surface area (Å²) in [6.07, 6.45) is 0. The molecule has 2 aromatic carbocycles. The molecule has 0 saturated heterocycles. The van der Waals surface area contributed by atoms with E-state index >= 15 is 0 Å². The predicted molar refractivity (Wildman–Crippen MR) is 85.4 cm³/mol. The molecule has 2 aromatic rings. The van der Waals surface area contributed by atoms with Gasteiger partial charge in [0.2, 0.25) is 0 Å². The third-order valence-corrected chi connectivity index (χ3v) is 3.08. The van der Waals surface area contributed by atoms with Crippen molar-refractivity contribution in [2.24, 2.45) is 5.41 Å². The van der Waals surface area contributed by atoms with Crippen LogP contribution >= 0.6 is 11.6 Å². The van der Waals surface area contributed by atoms with Crippen LogP contribution in [-0.2, 0) is 4.79 Å². The monoisotopic (exact) mass is 310 g/mol. The van der Waals surface area contributed by atoms with E-state index < -0.39 is 11.2 Å². The van der Waals surface area contributed by atoms with Crippen LogP contribution in [0.15, 0.2) is 30.3 Å². The first-order chi connectivity index (χ1) is 9.80. The van der Waals surface area contributed by atoms with Gasteiger partial charge in [-0.1, -0.05) is 43.6 Å². The van der Waals surface area contributed by atoms with E-state index in [1.807, 2.05) is 13.8 Å². The lowest BCUT2D eigenvalue weighted by molar-refractivity contribution is -0.142. The number of hydrogen-bond donors (Lipinski definition) is 0. The average molecular weight is 311 g/mol. The summed E-state index contributed by atoms with van der Waals surface area (Å²) in [7, 11) is 0. The SMILES string of the molecule is CC.CC(C)(C)C(=O)Oc1cccc2ccc(F)c(Cl)c12. The maximum Gasteiger partial charge on any atom is 0.316 e. The molecule has 0 aliphatic heterocycles. The second-order valence-electron chi connectivity index (χ2n) is 5.36. The molecular formula is C17H20ClFO2. The summed E-state index contributed by atoms with van der Waals surface area (Å²) in [5.41, 5.74) is -0.637. The van der Waals surface area contributed by atoms with E-state index in [0.717, 1.165) is 5.39 Å². The van der Waals surface area contributed by atoms with Crippen molar-refractivity contribution in [2.75, 3.05) is 0 Å². The summed E-state index contributed by atoms with van der Waals surface area (Å²) < 4.78 is 18.9. The van der Waals surface area contributed by atoms with Crippen LogP contribution in [0, 0.1) is 11.2 Å². The van der Waals surface area contributed by atoms with Gasteiger partial charge in [0.15, 0.2) is 0 Å². The van der Waals surface area contributed by atoms with Crippen molar-refractivity contribution in [3.8, 4) is 5.75 Å². The van der Waals surface area contributed by atoms with Crippen molar-refractivity contribution >= 4 is 28.3 Å².